The van der Waals surface area contributed by atoms with Crippen molar-refractivity contribution >= 4 is 63.1 Å². The van der Waals surface area contributed by atoms with Gasteiger partial charge in [-0.3, -0.25) is 9.79 Å². The third-order valence-electron chi connectivity index (χ3n) is 3.72. The lowest BCUT2D eigenvalue weighted by atomic mass is 10.1. The fourth-order valence-electron chi connectivity index (χ4n) is 2.44. The van der Waals surface area contributed by atoms with E-state index in [2.05, 4.69) is 55.9 Å². The quantitative estimate of drug-likeness (QED) is 0.259. The normalized spacial score (nSPS) is 10.9. The fourth-order valence-corrected chi connectivity index (χ4v) is 3.92. The van der Waals surface area contributed by atoms with Crippen LogP contribution < -0.4 is 16.0 Å². The summed E-state index contributed by atoms with van der Waals surface area (Å²) in [6.45, 7) is 4.38. The Morgan fingerprint density at radius 2 is 2.00 bits per heavy atom. The molecule has 1 amide bonds. The smallest absolute Gasteiger partial charge is 0.251 e. The zero-order valence-electron chi connectivity index (χ0n) is 15.5. The molecule has 0 aliphatic heterocycles. The number of aliphatic imine (C=N–C) groups is 1. The van der Waals surface area contributed by atoms with Crippen LogP contribution in [0.5, 0.6) is 0 Å². The van der Waals surface area contributed by atoms with E-state index in [1.165, 1.54) is 4.88 Å². The molecule has 0 saturated heterocycles. The van der Waals surface area contributed by atoms with Gasteiger partial charge in [0.1, 0.15) is 0 Å². The van der Waals surface area contributed by atoms with E-state index in [1.807, 2.05) is 24.3 Å². The van der Waals surface area contributed by atoms with Gasteiger partial charge < -0.3 is 16.0 Å². The maximum Gasteiger partial charge on any atom is 0.251 e. The van der Waals surface area contributed by atoms with Crippen molar-refractivity contribution in [2.45, 2.75) is 19.8 Å². The molecule has 8 heteroatoms. The molecule has 2 rings (SSSR count). The highest BCUT2D eigenvalue weighted by molar-refractivity contribution is 14.0. The Balaban J connectivity index is 0.00000364. The molecule has 1 aromatic heterocycles. The van der Waals surface area contributed by atoms with Gasteiger partial charge in [-0.25, -0.2) is 0 Å². The van der Waals surface area contributed by atoms with Crippen LogP contribution >= 0.6 is 51.2 Å². The number of amides is 1. The van der Waals surface area contributed by atoms with Crippen molar-refractivity contribution in [3.63, 3.8) is 0 Å². The molecule has 148 valence electrons. The molecule has 0 atom stereocenters. The van der Waals surface area contributed by atoms with Gasteiger partial charge in [0.15, 0.2) is 5.96 Å². The summed E-state index contributed by atoms with van der Waals surface area (Å²) in [4.78, 5) is 17.7. The van der Waals surface area contributed by atoms with Gasteiger partial charge in [0.2, 0.25) is 0 Å². The summed E-state index contributed by atoms with van der Waals surface area (Å²) >= 11 is 5.23. The summed E-state index contributed by atoms with van der Waals surface area (Å²) in [5.41, 5.74) is 1.81. The third-order valence-corrected chi connectivity index (χ3v) is 5.41. The van der Waals surface area contributed by atoms with Gasteiger partial charge in [0.25, 0.3) is 5.91 Å². The molecule has 0 bridgehead atoms. The average Bonchev–Trinajstić information content (AvgIpc) is 3.06. The van der Waals surface area contributed by atoms with E-state index in [9.17, 15) is 4.79 Å². The Morgan fingerprint density at radius 3 is 2.67 bits per heavy atom. The number of benzene rings is 1. The molecule has 5 nitrogen and oxygen atoms in total. The molecule has 0 aliphatic rings. The van der Waals surface area contributed by atoms with Crippen molar-refractivity contribution in [2.75, 3.05) is 26.7 Å². The van der Waals surface area contributed by atoms with Crippen molar-refractivity contribution < 1.29 is 4.79 Å². The van der Waals surface area contributed by atoms with E-state index in [1.54, 1.807) is 18.4 Å². The Kier molecular flexibility index (Phi) is 11.6. The van der Waals surface area contributed by atoms with E-state index in [-0.39, 0.29) is 29.9 Å². The van der Waals surface area contributed by atoms with E-state index in [0.29, 0.717) is 5.56 Å². The van der Waals surface area contributed by atoms with Gasteiger partial charge >= 0.3 is 0 Å². The summed E-state index contributed by atoms with van der Waals surface area (Å²) in [5.74, 6) is 0.764. The van der Waals surface area contributed by atoms with Crippen LogP contribution in [0.1, 0.15) is 27.7 Å². The number of carbonyl (C=O) groups excluding carboxylic acids is 1. The Hall–Kier alpha value is -1.13. The number of nitrogens with zero attached hydrogens (tertiary/aromatic N) is 1. The standard InChI is InChI=1S/C19H25BrN4OS.HI/c1-3-22-19(24-12-10-16-7-8-17(20)26-16)23-11-9-14-5-4-6-15(13-14)18(25)21-2;/h4-8,13H,3,9-12H2,1-2H3,(H,21,25)(H2,22,23,24);1H. The fraction of sp³-hybridized carbons (Fsp3) is 0.368. The number of hydrogen-bond donors (Lipinski definition) is 3. The molecule has 0 aliphatic carbocycles. The minimum atomic E-state index is -0.0603. The van der Waals surface area contributed by atoms with Crippen LogP contribution in [0.25, 0.3) is 0 Å². The first kappa shape index (κ1) is 23.9. The number of nitrogens with one attached hydrogen (secondary N) is 3. The Morgan fingerprint density at radius 1 is 1.19 bits per heavy atom. The zero-order chi connectivity index (χ0) is 18.8. The number of guanidine groups is 1. The van der Waals surface area contributed by atoms with Crippen molar-refractivity contribution in [3.05, 3.63) is 56.2 Å². The number of hydrogen-bond acceptors (Lipinski definition) is 3. The number of halogens is 2. The molecular weight excluding hydrogens is 539 g/mol. The molecule has 0 fully saturated rings. The second-order valence-corrected chi connectivity index (χ2v) is 8.22. The van der Waals surface area contributed by atoms with Crippen LogP contribution in [0.15, 0.2) is 45.2 Å². The van der Waals surface area contributed by atoms with E-state index < -0.39 is 0 Å². The van der Waals surface area contributed by atoms with Crippen LogP contribution in [-0.2, 0) is 12.8 Å². The zero-order valence-corrected chi connectivity index (χ0v) is 20.3. The van der Waals surface area contributed by atoms with Gasteiger partial charge in [0, 0.05) is 43.5 Å². The molecule has 1 heterocycles. The van der Waals surface area contributed by atoms with Gasteiger partial charge in [-0.2, -0.15) is 0 Å². The summed E-state index contributed by atoms with van der Waals surface area (Å²) in [7, 11) is 1.64. The lowest BCUT2D eigenvalue weighted by Crippen LogP contribution is -2.38. The van der Waals surface area contributed by atoms with Gasteiger partial charge in [-0.05, 0) is 59.1 Å². The van der Waals surface area contributed by atoms with Gasteiger partial charge in [-0.15, -0.1) is 35.3 Å². The van der Waals surface area contributed by atoms with Crippen LogP contribution in [0.2, 0.25) is 0 Å². The summed E-state index contributed by atoms with van der Waals surface area (Å²) < 4.78 is 1.15. The van der Waals surface area contributed by atoms with Crippen molar-refractivity contribution in [2.24, 2.45) is 4.99 Å². The largest absolute Gasteiger partial charge is 0.357 e. The van der Waals surface area contributed by atoms with E-state index in [0.717, 1.165) is 47.8 Å². The van der Waals surface area contributed by atoms with Crippen LogP contribution in [0.3, 0.4) is 0 Å². The van der Waals surface area contributed by atoms with Gasteiger partial charge in [0.05, 0.1) is 3.79 Å². The predicted molar refractivity (Wildman–Crippen MR) is 129 cm³/mol. The predicted octanol–water partition coefficient (Wildman–Crippen LogP) is 3.83. The molecule has 3 N–H and O–H groups in total. The highest BCUT2D eigenvalue weighted by Gasteiger charge is 2.04. The molecule has 0 radical (unpaired) electrons. The molecular formula is C19H26BrIN4OS. The summed E-state index contributed by atoms with van der Waals surface area (Å²) in [6, 6.07) is 11.9. The molecule has 0 unspecified atom stereocenters. The summed E-state index contributed by atoms with van der Waals surface area (Å²) in [6.07, 6.45) is 1.76. The minimum Gasteiger partial charge on any atom is -0.357 e. The average molecular weight is 565 g/mol. The SMILES string of the molecule is CCNC(=NCCc1ccc(Br)s1)NCCc1cccc(C(=O)NC)c1.I. The highest BCUT2D eigenvalue weighted by Crippen LogP contribution is 2.22. The van der Waals surface area contributed by atoms with E-state index in [4.69, 9.17) is 0 Å². The van der Waals surface area contributed by atoms with Crippen LogP contribution in [-0.4, -0.2) is 38.5 Å². The van der Waals surface area contributed by atoms with Crippen molar-refractivity contribution in [1.29, 1.82) is 0 Å². The highest BCUT2D eigenvalue weighted by atomic mass is 127. The Bertz CT molecular complexity index is 751. The maximum absolute atomic E-state index is 11.7. The lowest BCUT2D eigenvalue weighted by Gasteiger charge is -2.11. The molecule has 2 aromatic rings. The number of thiophene rings is 1. The molecule has 0 saturated carbocycles. The maximum atomic E-state index is 11.7. The first-order chi connectivity index (χ1) is 12.6. The van der Waals surface area contributed by atoms with E-state index >= 15 is 0 Å². The molecule has 0 spiro atoms. The number of rotatable bonds is 8. The minimum absolute atomic E-state index is 0. The Labute approximate surface area is 190 Å². The number of carbonyl (C=O) groups is 1. The molecule has 27 heavy (non-hydrogen) atoms. The second-order valence-electron chi connectivity index (χ2n) is 5.67. The molecule has 1 aromatic carbocycles. The second kappa shape index (κ2) is 13.1. The lowest BCUT2D eigenvalue weighted by molar-refractivity contribution is 0.0963. The summed E-state index contributed by atoms with van der Waals surface area (Å²) in [5, 5.41) is 9.28. The van der Waals surface area contributed by atoms with Gasteiger partial charge in [-0.1, -0.05) is 12.1 Å². The van der Waals surface area contributed by atoms with Crippen LogP contribution in [0.4, 0.5) is 0 Å². The first-order valence-corrected chi connectivity index (χ1v) is 10.3. The topological polar surface area (TPSA) is 65.5 Å². The van der Waals surface area contributed by atoms with Crippen molar-refractivity contribution in [3.8, 4) is 0 Å². The monoisotopic (exact) mass is 564 g/mol. The third kappa shape index (κ3) is 8.61. The first-order valence-electron chi connectivity index (χ1n) is 8.69. The van der Waals surface area contributed by atoms with Crippen molar-refractivity contribution in [1.82, 2.24) is 16.0 Å². The van der Waals surface area contributed by atoms with Crippen LogP contribution in [0, 0.1) is 0 Å².